The molecule has 0 atom stereocenters. The van der Waals surface area contributed by atoms with E-state index in [-0.39, 0.29) is 5.91 Å². The predicted octanol–water partition coefficient (Wildman–Crippen LogP) is 2.38. The zero-order valence-corrected chi connectivity index (χ0v) is 11.0. The van der Waals surface area contributed by atoms with E-state index in [4.69, 9.17) is 0 Å². The molecule has 0 aliphatic heterocycles. The van der Waals surface area contributed by atoms with Gasteiger partial charge in [-0.3, -0.25) is 4.79 Å². The van der Waals surface area contributed by atoms with Crippen molar-refractivity contribution in [3.8, 4) is 0 Å². The van der Waals surface area contributed by atoms with Crippen LogP contribution in [0.1, 0.15) is 19.8 Å². The molecule has 17 heavy (non-hydrogen) atoms. The van der Waals surface area contributed by atoms with Crippen LogP contribution in [0.15, 0.2) is 30.3 Å². The molecule has 1 aromatic carbocycles. The highest BCUT2D eigenvalue weighted by Gasteiger charge is 2.14. The maximum absolute atomic E-state index is 12.1. The summed E-state index contributed by atoms with van der Waals surface area (Å²) in [6, 6.07) is 9.89. The van der Waals surface area contributed by atoms with E-state index >= 15 is 0 Å². The first-order valence-electron chi connectivity index (χ1n) is 6.15. The molecule has 0 N–H and O–H groups in total. The van der Waals surface area contributed by atoms with Gasteiger partial charge in [-0.1, -0.05) is 25.1 Å². The first-order chi connectivity index (χ1) is 8.15. The summed E-state index contributed by atoms with van der Waals surface area (Å²) < 4.78 is 0. The average molecular weight is 234 g/mol. The lowest BCUT2D eigenvalue weighted by Crippen LogP contribution is -2.36. The summed E-state index contributed by atoms with van der Waals surface area (Å²) in [6.07, 6.45) is 1.51. The fraction of sp³-hybridized carbons (Fsp3) is 0.500. The van der Waals surface area contributed by atoms with Gasteiger partial charge in [0.05, 0.1) is 0 Å². The first-order valence-corrected chi connectivity index (χ1v) is 6.15. The van der Waals surface area contributed by atoms with Gasteiger partial charge in [0.25, 0.3) is 0 Å². The Bertz CT molecular complexity index is 335. The highest BCUT2D eigenvalue weighted by Crippen LogP contribution is 2.14. The number of anilines is 1. The molecule has 0 bridgehead atoms. The molecule has 94 valence electrons. The van der Waals surface area contributed by atoms with Crippen LogP contribution >= 0.6 is 0 Å². The van der Waals surface area contributed by atoms with Gasteiger partial charge in [0, 0.05) is 25.2 Å². The quantitative estimate of drug-likeness (QED) is 0.754. The number of para-hydroxylation sites is 1. The number of hydrogen-bond donors (Lipinski definition) is 0. The summed E-state index contributed by atoms with van der Waals surface area (Å²) in [4.78, 5) is 16.0. The van der Waals surface area contributed by atoms with E-state index in [9.17, 15) is 4.79 Å². The number of carbonyl (C=O) groups excluding carboxylic acids is 1. The molecule has 3 nitrogen and oxygen atoms in total. The lowest BCUT2D eigenvalue weighted by atomic mass is 10.2. The van der Waals surface area contributed by atoms with Crippen molar-refractivity contribution in [1.82, 2.24) is 4.90 Å². The largest absolute Gasteiger partial charge is 0.311 e. The molecule has 0 aromatic heterocycles. The smallest absolute Gasteiger partial charge is 0.227 e. The maximum atomic E-state index is 12.1. The molecule has 0 unspecified atom stereocenters. The van der Waals surface area contributed by atoms with Gasteiger partial charge in [0.1, 0.15) is 0 Å². The molecule has 0 heterocycles. The SMILES string of the molecule is CCCC(=O)N(CCN(C)C)c1ccccc1. The molecular formula is C14H22N2O. The topological polar surface area (TPSA) is 23.6 Å². The van der Waals surface area contributed by atoms with Gasteiger partial charge in [-0.2, -0.15) is 0 Å². The van der Waals surface area contributed by atoms with Gasteiger partial charge in [0.15, 0.2) is 0 Å². The molecular weight excluding hydrogens is 212 g/mol. The van der Waals surface area contributed by atoms with Crippen LogP contribution in [0.25, 0.3) is 0 Å². The number of carbonyl (C=O) groups is 1. The molecule has 0 spiro atoms. The van der Waals surface area contributed by atoms with Crippen LogP contribution in [-0.4, -0.2) is 38.0 Å². The van der Waals surface area contributed by atoms with E-state index < -0.39 is 0 Å². The molecule has 0 aliphatic carbocycles. The van der Waals surface area contributed by atoms with Crippen molar-refractivity contribution in [3.63, 3.8) is 0 Å². The zero-order chi connectivity index (χ0) is 12.7. The van der Waals surface area contributed by atoms with Gasteiger partial charge in [0.2, 0.25) is 5.91 Å². The number of rotatable bonds is 6. The Morgan fingerprint density at radius 1 is 1.12 bits per heavy atom. The second-order valence-electron chi connectivity index (χ2n) is 4.43. The Hall–Kier alpha value is -1.35. The van der Waals surface area contributed by atoms with Crippen LogP contribution in [0.2, 0.25) is 0 Å². The molecule has 0 radical (unpaired) electrons. The lowest BCUT2D eigenvalue weighted by molar-refractivity contribution is -0.118. The Morgan fingerprint density at radius 2 is 1.76 bits per heavy atom. The van der Waals surface area contributed by atoms with Crippen molar-refractivity contribution in [2.75, 3.05) is 32.1 Å². The van der Waals surface area contributed by atoms with Gasteiger partial charge in [-0.25, -0.2) is 0 Å². The predicted molar refractivity (Wildman–Crippen MR) is 72.3 cm³/mol. The summed E-state index contributed by atoms with van der Waals surface area (Å²) in [5.74, 6) is 0.209. The molecule has 0 saturated heterocycles. The third kappa shape index (κ3) is 4.57. The number of nitrogens with zero attached hydrogens (tertiary/aromatic N) is 2. The number of hydrogen-bond acceptors (Lipinski definition) is 2. The summed E-state index contributed by atoms with van der Waals surface area (Å²) in [5.41, 5.74) is 0.993. The monoisotopic (exact) mass is 234 g/mol. The lowest BCUT2D eigenvalue weighted by Gasteiger charge is -2.24. The van der Waals surface area contributed by atoms with Gasteiger partial charge < -0.3 is 9.80 Å². The minimum Gasteiger partial charge on any atom is -0.311 e. The van der Waals surface area contributed by atoms with Crippen molar-refractivity contribution in [3.05, 3.63) is 30.3 Å². The molecule has 0 aliphatic rings. The van der Waals surface area contributed by atoms with Gasteiger partial charge in [-0.05, 0) is 32.6 Å². The Labute approximate surface area is 104 Å². The van der Waals surface area contributed by atoms with Crippen molar-refractivity contribution in [2.24, 2.45) is 0 Å². The van der Waals surface area contributed by atoms with E-state index in [1.807, 2.05) is 56.3 Å². The number of likely N-dealkylation sites (N-methyl/N-ethyl adjacent to an activating group) is 1. The van der Waals surface area contributed by atoms with E-state index in [2.05, 4.69) is 4.90 Å². The summed E-state index contributed by atoms with van der Waals surface area (Å²) >= 11 is 0. The second-order valence-corrected chi connectivity index (χ2v) is 4.43. The van der Waals surface area contributed by atoms with Crippen LogP contribution in [0.4, 0.5) is 5.69 Å². The summed E-state index contributed by atoms with van der Waals surface area (Å²) in [7, 11) is 4.04. The van der Waals surface area contributed by atoms with Crippen LogP contribution in [0.5, 0.6) is 0 Å². The van der Waals surface area contributed by atoms with Gasteiger partial charge in [-0.15, -0.1) is 0 Å². The zero-order valence-electron chi connectivity index (χ0n) is 11.0. The molecule has 3 heteroatoms. The average Bonchev–Trinajstić information content (AvgIpc) is 2.30. The van der Waals surface area contributed by atoms with Crippen LogP contribution in [-0.2, 0) is 4.79 Å². The van der Waals surface area contributed by atoms with Crippen molar-refractivity contribution >= 4 is 11.6 Å². The standard InChI is InChI=1S/C14H22N2O/c1-4-8-14(17)16(12-11-15(2)3)13-9-6-5-7-10-13/h5-7,9-10H,4,8,11-12H2,1-3H3. The molecule has 1 amide bonds. The van der Waals surface area contributed by atoms with Crippen LogP contribution in [0, 0.1) is 0 Å². The third-order valence-corrected chi connectivity index (χ3v) is 2.60. The van der Waals surface area contributed by atoms with Gasteiger partial charge >= 0.3 is 0 Å². The Kier molecular flexibility index (Phi) is 5.70. The van der Waals surface area contributed by atoms with E-state index in [1.165, 1.54) is 0 Å². The highest BCUT2D eigenvalue weighted by atomic mass is 16.2. The summed E-state index contributed by atoms with van der Waals surface area (Å²) in [5, 5.41) is 0. The van der Waals surface area contributed by atoms with Crippen LogP contribution < -0.4 is 4.90 Å². The maximum Gasteiger partial charge on any atom is 0.227 e. The number of amides is 1. The Balaban J connectivity index is 2.75. The molecule has 1 rings (SSSR count). The second kappa shape index (κ2) is 7.07. The first kappa shape index (κ1) is 13.7. The number of benzene rings is 1. The minimum atomic E-state index is 0.209. The molecule has 0 saturated carbocycles. The molecule has 1 aromatic rings. The van der Waals surface area contributed by atoms with Crippen LogP contribution in [0.3, 0.4) is 0 Å². The van der Waals surface area contributed by atoms with E-state index in [0.717, 1.165) is 25.2 Å². The third-order valence-electron chi connectivity index (χ3n) is 2.60. The fourth-order valence-electron chi connectivity index (χ4n) is 1.65. The Morgan fingerprint density at radius 3 is 2.29 bits per heavy atom. The van der Waals surface area contributed by atoms with Crippen molar-refractivity contribution in [2.45, 2.75) is 19.8 Å². The molecule has 0 fully saturated rings. The van der Waals surface area contributed by atoms with E-state index in [1.54, 1.807) is 0 Å². The minimum absolute atomic E-state index is 0.209. The van der Waals surface area contributed by atoms with Crippen molar-refractivity contribution in [1.29, 1.82) is 0 Å². The van der Waals surface area contributed by atoms with E-state index in [0.29, 0.717) is 6.42 Å². The highest BCUT2D eigenvalue weighted by molar-refractivity contribution is 5.93. The van der Waals surface area contributed by atoms with Crippen molar-refractivity contribution < 1.29 is 4.79 Å². The normalized spacial score (nSPS) is 10.6. The summed E-state index contributed by atoms with van der Waals surface area (Å²) in [6.45, 7) is 3.66. The fourth-order valence-corrected chi connectivity index (χ4v) is 1.65.